The lowest BCUT2D eigenvalue weighted by atomic mass is 9.38. The van der Waals surface area contributed by atoms with Gasteiger partial charge in [-0.3, -0.25) is 15.6 Å². The van der Waals surface area contributed by atoms with Crippen molar-refractivity contribution < 1.29 is 64.3 Å². The molecule has 4 heterocycles. The molecule has 11 aliphatic carbocycles. The molecule has 15 heteroatoms. The van der Waals surface area contributed by atoms with Gasteiger partial charge in [0.05, 0.1) is 35.3 Å². The van der Waals surface area contributed by atoms with Crippen molar-refractivity contribution in [2.24, 2.45) is 61.1 Å². The van der Waals surface area contributed by atoms with Crippen LogP contribution in [0.25, 0.3) is 10.8 Å². The molecular formula is C73H98N2O13. The number of hydrogen-bond donors (Lipinski definition) is 9. The maximum absolute atomic E-state index is 13.9. The van der Waals surface area contributed by atoms with Crippen molar-refractivity contribution in [2.75, 3.05) is 26.4 Å². The lowest BCUT2D eigenvalue weighted by molar-refractivity contribution is -0.349. The molecule has 10 saturated carbocycles. The molecule has 0 aromatic heterocycles. The minimum absolute atomic E-state index is 0.0144. The van der Waals surface area contributed by atoms with Gasteiger partial charge in [-0.05, 0) is 259 Å². The number of carbonyl (C=O) groups is 2. The summed E-state index contributed by atoms with van der Waals surface area (Å²) in [7, 11) is 0. The zero-order chi connectivity index (χ0) is 60.4. The van der Waals surface area contributed by atoms with E-state index in [9.17, 15) is 45.3 Å². The summed E-state index contributed by atoms with van der Waals surface area (Å²) >= 11 is 0. The molecule has 16 atom stereocenters. The van der Waals surface area contributed by atoms with E-state index in [1.54, 1.807) is 0 Å². The Balaban J connectivity index is 0.825. The molecule has 17 rings (SSSR count). The number of nitrogens with one attached hydrogen (secondary N) is 2. The van der Waals surface area contributed by atoms with Gasteiger partial charge in [-0.25, -0.2) is 4.79 Å². The van der Waals surface area contributed by atoms with Crippen LogP contribution in [0.1, 0.15) is 239 Å². The van der Waals surface area contributed by atoms with Gasteiger partial charge < -0.3 is 54.7 Å². The average Bonchev–Trinajstić information content (AvgIpc) is 1.35. The summed E-state index contributed by atoms with van der Waals surface area (Å²) < 4.78 is 29.2. The van der Waals surface area contributed by atoms with Crippen LogP contribution in [-0.4, -0.2) is 121 Å². The number of Topliss-reactive ketones (excluding diaryl/α,β-unsaturated/α-hetero) is 1. The first kappa shape index (κ1) is 58.2. The molecule has 15 nitrogen and oxygen atoms in total. The van der Waals surface area contributed by atoms with Crippen molar-refractivity contribution in [1.82, 2.24) is 10.9 Å². The fourth-order valence-corrected chi connectivity index (χ4v) is 27.3. The van der Waals surface area contributed by atoms with Crippen molar-refractivity contribution in [3.8, 4) is 17.2 Å². The second-order valence-corrected chi connectivity index (χ2v) is 33.8. The molecule has 478 valence electrons. The minimum atomic E-state index is -1.84. The van der Waals surface area contributed by atoms with E-state index >= 15 is 0 Å². The number of phenols is 2. The monoisotopic (exact) mass is 1210 g/mol. The number of ketones is 1. The summed E-state index contributed by atoms with van der Waals surface area (Å²) in [5.41, 5.74) is 10.4. The molecule has 13 fully saturated rings. The van der Waals surface area contributed by atoms with E-state index in [-0.39, 0.29) is 86.3 Å². The van der Waals surface area contributed by atoms with Crippen LogP contribution in [0.4, 0.5) is 0 Å². The number of phenolic OH excluding ortho intramolecular Hbond substituents is 2. The van der Waals surface area contributed by atoms with Crippen LogP contribution in [0, 0.1) is 68.0 Å². The number of aromatic hydroxyl groups is 2. The molecule has 3 saturated heterocycles. The van der Waals surface area contributed by atoms with Crippen LogP contribution in [0.3, 0.4) is 0 Å². The van der Waals surface area contributed by atoms with Gasteiger partial charge in [-0.2, -0.15) is 0 Å². The second kappa shape index (κ2) is 19.5. The van der Waals surface area contributed by atoms with Gasteiger partial charge in [0, 0.05) is 47.1 Å². The number of carboxylic acid groups (broad SMARTS) is 1. The fourth-order valence-electron chi connectivity index (χ4n) is 27.3. The number of aliphatic hydroxyl groups excluding tert-OH is 4. The highest BCUT2D eigenvalue weighted by atomic mass is 16.7. The third-order valence-corrected chi connectivity index (χ3v) is 29.8. The Bertz CT molecular complexity index is 3330. The van der Waals surface area contributed by atoms with Gasteiger partial charge in [-0.1, -0.05) is 44.6 Å². The van der Waals surface area contributed by atoms with Gasteiger partial charge in [0.25, 0.3) is 0 Å². The highest BCUT2D eigenvalue weighted by Crippen LogP contribution is 2.83. The molecular weight excluding hydrogens is 1110 g/mol. The number of fused-ring (bicyclic) bond motifs is 4. The highest BCUT2D eigenvalue weighted by molar-refractivity contribution is 6.11. The Morgan fingerprint density at radius 2 is 1.43 bits per heavy atom. The van der Waals surface area contributed by atoms with E-state index in [1.807, 2.05) is 0 Å². The Kier molecular flexibility index (Phi) is 12.9. The maximum atomic E-state index is 13.9. The summed E-state index contributed by atoms with van der Waals surface area (Å²) in [5, 5.41) is 84.0. The van der Waals surface area contributed by atoms with E-state index in [1.165, 1.54) is 171 Å². The standard InChI is InChI=1S/C73H98N2O13/c1-42-53(43(2)78)57(80)54-46(56(42)79)27-44(61(83)84)28-50(54)86-62-58(81)60(82)73(52(32-77)87-62)30-49-55-47(11-12-48(55)71(88-73)21-9-19-66(38-71)23-22-63(34-66)13-3-4-14-63)70(20-10-26-76)41-85-33-45-29-67-39-69(31-51(67)74-75-72(49,40-67)59(45)70)37-65(17-7-8-18-65)36-68(69)25-24-64(35-68)15-5-6-16-64/h11,27-28,45,49,51-52,58-60,62,74-77,79-82H,3-10,12-26,29-41H2,1-2H3,(H,83,84). The van der Waals surface area contributed by atoms with Crippen LogP contribution in [0.5, 0.6) is 17.2 Å². The zero-order valence-corrected chi connectivity index (χ0v) is 52.4. The van der Waals surface area contributed by atoms with E-state index in [2.05, 4.69) is 16.9 Å². The van der Waals surface area contributed by atoms with Gasteiger partial charge in [0.1, 0.15) is 41.2 Å². The Morgan fingerprint density at radius 3 is 2.16 bits per heavy atom. The SMILES string of the molecule is CC(=O)c1c(C)c(O)c2cc(C(=O)O)cc(OC3OC(CO)C4(CC5C6=C(CC=C6C6(CCCO)COCC7CC89CC5(NNC8CC5(CC8(CCCC8)CC58CCC5(CCCC5)C8)C9)C76)C5(CCCC6(CCC7(CCCC7)C6)C5)O4)C(O)C3O)c2c1O. The predicted octanol–water partition coefficient (Wildman–Crippen LogP) is 11.6. The lowest BCUT2D eigenvalue weighted by Gasteiger charge is -2.72. The summed E-state index contributed by atoms with van der Waals surface area (Å²) in [5.74, 6) is -3.10. The van der Waals surface area contributed by atoms with Crippen molar-refractivity contribution in [3.63, 3.8) is 0 Å². The number of aromatic carboxylic acids is 1. The molecule has 2 aromatic carbocycles. The quantitative estimate of drug-likeness (QED) is 0.0883. The lowest BCUT2D eigenvalue weighted by Crippen LogP contribution is -2.81. The Hall–Kier alpha value is -3.64. The number of hydrazine groups is 1. The molecule has 15 aliphatic rings. The van der Waals surface area contributed by atoms with Gasteiger partial charge in [-0.15, -0.1) is 0 Å². The number of aliphatic hydroxyl groups is 4. The number of rotatable bonds is 8. The van der Waals surface area contributed by atoms with E-state index < -0.39 is 76.6 Å². The first-order valence-corrected chi connectivity index (χ1v) is 35.1. The largest absolute Gasteiger partial charge is 0.507 e. The number of allylic oxidation sites excluding steroid dienone is 1. The van der Waals surface area contributed by atoms with Gasteiger partial charge in [0.15, 0.2) is 5.78 Å². The minimum Gasteiger partial charge on any atom is -0.507 e. The van der Waals surface area contributed by atoms with Crippen LogP contribution < -0.4 is 15.6 Å². The molecule has 10 spiro atoms. The van der Waals surface area contributed by atoms with Crippen molar-refractivity contribution >= 4 is 22.5 Å². The third kappa shape index (κ3) is 7.68. The number of ether oxygens (including phenoxy) is 4. The number of hydrogen-bond acceptors (Lipinski definition) is 14. The maximum Gasteiger partial charge on any atom is 0.335 e. The van der Waals surface area contributed by atoms with Crippen LogP contribution in [-0.2, 0) is 14.2 Å². The Labute approximate surface area is 518 Å². The molecule has 2 aromatic rings. The number of carbonyl (C=O) groups excluding carboxylic acids is 1. The first-order valence-electron chi connectivity index (χ1n) is 35.1. The summed E-state index contributed by atoms with van der Waals surface area (Å²) in [6.07, 6.45) is 32.6. The normalized spacial score (nSPS) is 45.2. The molecule has 0 amide bonds. The fraction of sp³-hybridized carbons (Fsp3) is 0.781. The molecule has 9 N–H and O–H groups in total. The summed E-state index contributed by atoms with van der Waals surface area (Å²) in [4.78, 5) is 25.9. The number of carboxylic acids is 1. The van der Waals surface area contributed by atoms with Crippen molar-refractivity contribution in [2.45, 2.75) is 267 Å². The van der Waals surface area contributed by atoms with Crippen molar-refractivity contribution in [1.29, 1.82) is 0 Å². The first-order chi connectivity index (χ1) is 42.2. The average molecular weight is 1210 g/mol. The molecule has 2 bridgehead atoms. The van der Waals surface area contributed by atoms with E-state index in [0.717, 1.165) is 51.4 Å². The molecule has 88 heavy (non-hydrogen) atoms. The smallest absolute Gasteiger partial charge is 0.335 e. The molecule has 0 radical (unpaired) electrons. The third-order valence-electron chi connectivity index (χ3n) is 29.8. The summed E-state index contributed by atoms with van der Waals surface area (Å²) in [6, 6.07) is 2.64. The van der Waals surface area contributed by atoms with Crippen LogP contribution in [0.15, 0.2) is 34.9 Å². The topological polar surface area (TPSA) is 237 Å². The highest BCUT2D eigenvalue weighted by Gasteiger charge is 2.80. The molecule has 4 aliphatic heterocycles. The van der Waals surface area contributed by atoms with Gasteiger partial charge in [0.2, 0.25) is 6.29 Å². The van der Waals surface area contributed by atoms with Crippen LogP contribution in [0.2, 0.25) is 0 Å². The van der Waals surface area contributed by atoms with Gasteiger partial charge >= 0.3 is 5.97 Å². The predicted molar refractivity (Wildman–Crippen MR) is 327 cm³/mol. The summed E-state index contributed by atoms with van der Waals surface area (Å²) in [6.45, 7) is 3.44. The second-order valence-electron chi connectivity index (χ2n) is 33.8. The van der Waals surface area contributed by atoms with E-state index in [4.69, 9.17) is 18.9 Å². The van der Waals surface area contributed by atoms with Crippen molar-refractivity contribution in [3.05, 3.63) is 51.6 Å². The zero-order valence-electron chi connectivity index (χ0n) is 52.4. The number of benzene rings is 2. The molecule has 16 unspecified atom stereocenters. The van der Waals surface area contributed by atoms with Crippen LogP contribution >= 0.6 is 0 Å². The van der Waals surface area contributed by atoms with E-state index in [0.29, 0.717) is 54.1 Å². The Morgan fingerprint density at radius 1 is 0.750 bits per heavy atom.